The van der Waals surface area contributed by atoms with Crippen LogP contribution >= 0.6 is 0 Å². The van der Waals surface area contributed by atoms with Crippen molar-refractivity contribution < 1.29 is 21.6 Å². The number of rotatable bonds is 6. The van der Waals surface area contributed by atoms with Crippen LogP contribution in [-0.4, -0.2) is 33.0 Å². The zero-order chi connectivity index (χ0) is 22.6. The molecule has 0 saturated carbocycles. The Morgan fingerprint density at radius 1 is 1.00 bits per heavy atom. The maximum Gasteiger partial charge on any atom is 0.316 e. The number of nitrogens with one attached hydrogen (secondary N) is 1. The molecule has 2 aromatic rings. The molecule has 0 bridgehead atoms. The van der Waals surface area contributed by atoms with Gasteiger partial charge >= 0.3 is 5.71 Å². The molecule has 0 atom stereocenters. The fourth-order valence-corrected chi connectivity index (χ4v) is 5.20. The first-order valence-electron chi connectivity index (χ1n) is 9.31. The molecule has 10 heteroatoms. The van der Waals surface area contributed by atoms with Crippen LogP contribution in [0.2, 0.25) is 0 Å². The maximum absolute atomic E-state index is 13.1. The van der Waals surface area contributed by atoms with E-state index in [0.29, 0.717) is 12.1 Å². The summed E-state index contributed by atoms with van der Waals surface area (Å²) in [5, 5.41) is 0. The first kappa shape index (κ1) is 22.4. The Labute approximate surface area is 181 Å². The van der Waals surface area contributed by atoms with Crippen LogP contribution in [0.5, 0.6) is 0 Å². The van der Waals surface area contributed by atoms with Gasteiger partial charge in [-0.25, -0.2) is 8.42 Å². The highest BCUT2D eigenvalue weighted by Gasteiger charge is 2.29. The van der Waals surface area contributed by atoms with Crippen LogP contribution in [0.15, 0.2) is 81.0 Å². The Hall–Kier alpha value is -3.33. The number of sulfonamides is 2. The predicted molar refractivity (Wildman–Crippen MR) is 120 cm³/mol. The molecule has 1 aliphatic carbocycles. The van der Waals surface area contributed by atoms with E-state index < -0.39 is 25.0 Å². The first-order valence-corrected chi connectivity index (χ1v) is 12.2. The van der Waals surface area contributed by atoms with E-state index in [-0.39, 0.29) is 16.3 Å². The molecular formula is C21H20N4O4S2. The second kappa shape index (κ2) is 8.81. The van der Waals surface area contributed by atoms with Gasteiger partial charge in [-0.15, -0.1) is 0 Å². The topological polar surface area (TPSA) is 129 Å². The summed E-state index contributed by atoms with van der Waals surface area (Å²) in [6.07, 6.45) is 4.09. The fourth-order valence-electron chi connectivity index (χ4n) is 2.88. The van der Waals surface area contributed by atoms with E-state index in [1.165, 1.54) is 24.3 Å². The van der Waals surface area contributed by atoms with E-state index in [4.69, 9.17) is 5.53 Å². The van der Waals surface area contributed by atoms with Crippen molar-refractivity contribution in [3.8, 4) is 0 Å². The Morgan fingerprint density at radius 2 is 1.68 bits per heavy atom. The van der Waals surface area contributed by atoms with E-state index >= 15 is 0 Å². The largest absolute Gasteiger partial charge is 0.361 e. The van der Waals surface area contributed by atoms with Gasteiger partial charge in [-0.05, 0) is 43.2 Å². The number of allylic oxidation sites excluding steroid dienone is 4. The van der Waals surface area contributed by atoms with Crippen molar-refractivity contribution in [1.82, 2.24) is 0 Å². The summed E-state index contributed by atoms with van der Waals surface area (Å²) < 4.78 is 58.0. The minimum Gasteiger partial charge on any atom is -0.361 e. The molecule has 31 heavy (non-hydrogen) atoms. The second-order valence-electron chi connectivity index (χ2n) is 6.75. The van der Waals surface area contributed by atoms with E-state index in [0.717, 1.165) is 17.2 Å². The number of aryl methyl sites for hydroxylation is 2. The average molecular weight is 457 g/mol. The van der Waals surface area contributed by atoms with Crippen molar-refractivity contribution in [2.24, 2.45) is 4.40 Å². The molecule has 0 unspecified atom stereocenters. The van der Waals surface area contributed by atoms with Crippen molar-refractivity contribution in [2.45, 2.75) is 25.2 Å². The summed E-state index contributed by atoms with van der Waals surface area (Å²) in [5.41, 5.74) is 10.7. The third-order valence-corrected chi connectivity index (χ3v) is 7.23. The van der Waals surface area contributed by atoms with Gasteiger partial charge in [0.15, 0.2) is 0 Å². The highest BCUT2D eigenvalue weighted by atomic mass is 32.2. The van der Waals surface area contributed by atoms with Gasteiger partial charge in [-0.3, -0.25) is 4.72 Å². The summed E-state index contributed by atoms with van der Waals surface area (Å²) in [4.78, 5) is 2.51. The molecule has 1 aliphatic rings. The predicted octanol–water partition coefficient (Wildman–Crippen LogP) is 3.25. The third-order valence-electron chi connectivity index (χ3n) is 4.53. The Bertz CT molecular complexity index is 1360. The summed E-state index contributed by atoms with van der Waals surface area (Å²) >= 11 is 0. The van der Waals surface area contributed by atoms with E-state index in [1.54, 1.807) is 36.4 Å². The van der Waals surface area contributed by atoms with Gasteiger partial charge in [-0.1, -0.05) is 42.8 Å². The molecule has 2 aromatic carbocycles. The Kier molecular flexibility index (Phi) is 6.35. The molecule has 0 spiro atoms. The number of hydrogen-bond acceptors (Lipinski definition) is 4. The minimum absolute atomic E-state index is 0.0594. The monoisotopic (exact) mass is 456 g/mol. The molecule has 8 nitrogen and oxygen atoms in total. The SMILES string of the molecule is CCc1ccccc1NS(=O)(=O)C1=CC(=[N+]=[N-])C=CC1=NS(=O)(=O)c1ccc(C)cc1. The van der Waals surface area contributed by atoms with Gasteiger partial charge in [0.25, 0.3) is 20.0 Å². The molecule has 3 rings (SSSR count). The second-order valence-corrected chi connectivity index (χ2v) is 10.0. The molecule has 0 aromatic heterocycles. The maximum atomic E-state index is 13.1. The molecule has 0 amide bonds. The minimum atomic E-state index is -4.25. The lowest BCUT2D eigenvalue weighted by Gasteiger charge is -2.15. The summed E-state index contributed by atoms with van der Waals surface area (Å²) in [6.45, 7) is 3.70. The highest BCUT2D eigenvalue weighted by molar-refractivity contribution is 7.97. The summed E-state index contributed by atoms with van der Waals surface area (Å²) in [5.74, 6) is 0. The Morgan fingerprint density at radius 3 is 2.32 bits per heavy atom. The number of hydrogen-bond donors (Lipinski definition) is 1. The third kappa shape index (κ3) is 5.05. The van der Waals surface area contributed by atoms with Crippen LogP contribution in [0.4, 0.5) is 5.69 Å². The quantitative estimate of drug-likeness (QED) is 0.406. The van der Waals surface area contributed by atoms with Gasteiger partial charge in [0.2, 0.25) is 0 Å². The van der Waals surface area contributed by atoms with Crippen molar-refractivity contribution in [2.75, 3.05) is 4.72 Å². The van der Waals surface area contributed by atoms with Crippen molar-refractivity contribution >= 4 is 37.2 Å². The van der Waals surface area contributed by atoms with Crippen LogP contribution in [0.25, 0.3) is 5.53 Å². The van der Waals surface area contributed by atoms with Crippen molar-refractivity contribution in [3.05, 3.63) is 88.3 Å². The van der Waals surface area contributed by atoms with Gasteiger partial charge in [0.1, 0.15) is 4.91 Å². The average Bonchev–Trinajstić information content (AvgIpc) is 2.74. The van der Waals surface area contributed by atoms with Gasteiger partial charge in [0, 0.05) is 6.08 Å². The van der Waals surface area contributed by atoms with Crippen LogP contribution in [0, 0.1) is 6.92 Å². The molecule has 0 heterocycles. The highest BCUT2D eigenvalue weighted by Crippen LogP contribution is 2.24. The standard InChI is InChI=1S/C21H20N4O4S2/c1-3-16-6-4-5-7-19(16)24-31(28,29)21-14-17(23-22)10-13-20(21)25-30(26,27)18-11-8-15(2)9-12-18/h4-14,24H,3H2,1-2H3. The van der Waals surface area contributed by atoms with E-state index in [1.807, 2.05) is 13.8 Å². The molecule has 1 N–H and O–H groups in total. The van der Waals surface area contributed by atoms with Gasteiger partial charge in [-0.2, -0.15) is 17.6 Å². The number of para-hydroxylation sites is 1. The lowest BCUT2D eigenvalue weighted by molar-refractivity contribution is -0.00154. The Balaban J connectivity index is 2.08. The van der Waals surface area contributed by atoms with Crippen LogP contribution in [0.3, 0.4) is 0 Å². The van der Waals surface area contributed by atoms with Crippen molar-refractivity contribution in [1.29, 1.82) is 0 Å². The van der Waals surface area contributed by atoms with Crippen LogP contribution in [-0.2, 0) is 26.5 Å². The first-order chi connectivity index (χ1) is 14.7. The molecule has 160 valence electrons. The molecular weight excluding hydrogens is 436 g/mol. The smallest absolute Gasteiger partial charge is 0.316 e. The summed E-state index contributed by atoms with van der Waals surface area (Å²) in [7, 11) is -8.43. The van der Waals surface area contributed by atoms with Crippen molar-refractivity contribution in [3.63, 3.8) is 0 Å². The normalized spacial score (nSPS) is 15.5. The lowest BCUT2D eigenvalue weighted by atomic mass is 10.1. The number of anilines is 1. The molecule has 0 fully saturated rings. The van der Waals surface area contributed by atoms with E-state index in [2.05, 4.69) is 13.9 Å². The van der Waals surface area contributed by atoms with Crippen LogP contribution < -0.4 is 4.72 Å². The summed E-state index contributed by atoms with van der Waals surface area (Å²) in [6, 6.07) is 12.9. The molecule has 0 saturated heterocycles. The van der Waals surface area contributed by atoms with Gasteiger partial charge < -0.3 is 5.53 Å². The molecule has 0 aliphatic heterocycles. The zero-order valence-electron chi connectivity index (χ0n) is 16.8. The fraction of sp³-hybridized carbons (Fsp3) is 0.143. The van der Waals surface area contributed by atoms with E-state index in [9.17, 15) is 16.8 Å². The number of benzene rings is 2. The molecule has 0 radical (unpaired) electrons. The lowest BCUT2D eigenvalue weighted by Crippen LogP contribution is -2.24. The number of nitrogens with zero attached hydrogens (tertiary/aromatic N) is 3. The van der Waals surface area contributed by atoms with Gasteiger partial charge in [0.05, 0.1) is 22.4 Å². The van der Waals surface area contributed by atoms with Crippen LogP contribution in [0.1, 0.15) is 18.1 Å². The zero-order valence-corrected chi connectivity index (χ0v) is 18.5.